The van der Waals surface area contributed by atoms with E-state index in [1.807, 2.05) is 22.9 Å². The second-order valence-corrected chi connectivity index (χ2v) is 7.76. The van der Waals surface area contributed by atoms with Crippen molar-refractivity contribution in [2.24, 2.45) is 0 Å². The van der Waals surface area contributed by atoms with E-state index in [0.717, 1.165) is 43.0 Å². The maximum atomic E-state index is 6.25. The third-order valence-corrected chi connectivity index (χ3v) is 5.51. The minimum atomic E-state index is 0.537. The van der Waals surface area contributed by atoms with Crippen LogP contribution in [0.25, 0.3) is 16.9 Å². The van der Waals surface area contributed by atoms with E-state index in [-0.39, 0.29) is 0 Å². The molecule has 0 radical (unpaired) electrons. The van der Waals surface area contributed by atoms with Crippen LogP contribution < -0.4 is 5.32 Å². The molecule has 4 rings (SSSR count). The topological polar surface area (TPSA) is 29.9 Å². The number of anilines is 1. The summed E-state index contributed by atoms with van der Waals surface area (Å²) >= 11 is 12.3. The lowest BCUT2D eigenvalue weighted by atomic mass is 10.00. The number of hydrogen-bond donors (Lipinski definition) is 1. The van der Waals surface area contributed by atoms with Crippen molar-refractivity contribution < 1.29 is 0 Å². The number of nitrogens with one attached hydrogen (secondary N) is 1. The number of nitrogens with zero attached hydrogens (tertiary/aromatic N) is 2. The van der Waals surface area contributed by atoms with Crippen LogP contribution in [-0.4, -0.2) is 16.3 Å². The lowest BCUT2D eigenvalue weighted by molar-refractivity contribution is 0.780. The van der Waals surface area contributed by atoms with E-state index in [1.54, 1.807) is 0 Å². The molecule has 1 N–H and O–H groups in total. The molecule has 2 heterocycles. The van der Waals surface area contributed by atoms with Crippen LogP contribution in [0.15, 0.2) is 36.4 Å². The van der Waals surface area contributed by atoms with E-state index in [4.69, 9.17) is 28.3 Å². The molecule has 1 aliphatic heterocycles. The average Bonchev–Trinajstić information content (AvgIpc) is 2.78. The van der Waals surface area contributed by atoms with Gasteiger partial charge in [0.15, 0.2) is 0 Å². The fraction of sp³-hybridized carbons (Fsp3) is 0.286. The molecule has 3 nitrogen and oxygen atoms in total. The third kappa shape index (κ3) is 3.22. The number of aryl methyl sites for hydroxylation is 2. The Hall–Kier alpha value is -1.97. The van der Waals surface area contributed by atoms with Gasteiger partial charge in [0.1, 0.15) is 5.82 Å². The Balaban J connectivity index is 1.93. The molecule has 0 saturated heterocycles. The summed E-state index contributed by atoms with van der Waals surface area (Å²) in [6, 6.07) is 12.3. The predicted molar refractivity (Wildman–Crippen MR) is 110 cm³/mol. The van der Waals surface area contributed by atoms with Gasteiger partial charge in [-0.15, -0.1) is 0 Å². The number of aromatic nitrogens is 2. The first kappa shape index (κ1) is 17.4. The van der Waals surface area contributed by atoms with Crippen LogP contribution in [0.4, 0.5) is 5.82 Å². The first-order valence-electron chi connectivity index (χ1n) is 8.93. The molecule has 0 bridgehead atoms. The molecule has 0 saturated carbocycles. The summed E-state index contributed by atoms with van der Waals surface area (Å²) in [5.74, 6) is 1.06. The summed E-state index contributed by atoms with van der Waals surface area (Å²) in [6.07, 6.45) is 3.33. The normalized spacial score (nSPS) is 13.8. The molecule has 26 heavy (non-hydrogen) atoms. The van der Waals surface area contributed by atoms with Crippen LogP contribution in [0.1, 0.15) is 29.5 Å². The van der Waals surface area contributed by atoms with Crippen molar-refractivity contribution in [1.29, 1.82) is 0 Å². The molecule has 0 aliphatic carbocycles. The molecule has 5 heteroatoms. The van der Waals surface area contributed by atoms with E-state index in [1.165, 1.54) is 22.3 Å². The average molecular weight is 386 g/mol. The zero-order valence-corrected chi connectivity index (χ0v) is 16.5. The molecule has 1 aliphatic rings. The zero-order chi connectivity index (χ0) is 18.3. The van der Waals surface area contributed by atoms with Gasteiger partial charge in [-0.25, -0.2) is 4.68 Å². The minimum Gasteiger partial charge on any atom is -0.370 e. The maximum absolute atomic E-state index is 6.25. The summed E-state index contributed by atoms with van der Waals surface area (Å²) in [4.78, 5) is 0. The van der Waals surface area contributed by atoms with Gasteiger partial charge in [0.2, 0.25) is 0 Å². The molecule has 134 valence electrons. The maximum Gasteiger partial charge on any atom is 0.133 e. The summed E-state index contributed by atoms with van der Waals surface area (Å²) in [6.45, 7) is 5.21. The molecular formula is C21H21Cl2N3. The van der Waals surface area contributed by atoms with E-state index < -0.39 is 0 Å². The van der Waals surface area contributed by atoms with E-state index in [0.29, 0.717) is 10.0 Å². The number of fused-ring (bicyclic) bond motifs is 1. The quantitative estimate of drug-likeness (QED) is 0.567. The molecular weight excluding hydrogens is 365 g/mol. The SMILES string of the molecule is Cc1cc(C)cc(-c2nn(-c3ccc(Cl)c(Cl)c3)c3c2CCCCN3)c1. The predicted octanol–water partition coefficient (Wildman–Crippen LogP) is 6.21. The summed E-state index contributed by atoms with van der Waals surface area (Å²) in [5.41, 5.74) is 6.91. The second-order valence-electron chi connectivity index (χ2n) is 6.95. The highest BCUT2D eigenvalue weighted by atomic mass is 35.5. The third-order valence-electron chi connectivity index (χ3n) is 4.77. The Kier molecular flexibility index (Phi) is 4.68. The lowest BCUT2D eigenvalue weighted by Gasteiger charge is -2.10. The fourth-order valence-electron chi connectivity index (χ4n) is 3.65. The Bertz CT molecular complexity index is 955. The molecule has 3 aromatic rings. The van der Waals surface area contributed by atoms with Crippen LogP contribution in [0.5, 0.6) is 0 Å². The Morgan fingerprint density at radius 1 is 0.962 bits per heavy atom. The first-order chi connectivity index (χ1) is 12.5. The zero-order valence-electron chi connectivity index (χ0n) is 14.9. The van der Waals surface area contributed by atoms with Crippen LogP contribution >= 0.6 is 23.2 Å². The van der Waals surface area contributed by atoms with Gasteiger partial charge in [-0.3, -0.25) is 0 Å². The van der Waals surface area contributed by atoms with Crippen LogP contribution in [0.2, 0.25) is 10.0 Å². The fourth-order valence-corrected chi connectivity index (χ4v) is 3.94. The standard InChI is InChI=1S/C21H21Cl2N3/c1-13-9-14(2)11-15(10-13)20-17-5-3-4-8-24-21(17)26(25-20)16-6-7-18(22)19(23)12-16/h6-7,9-12,24H,3-5,8H2,1-2H3. The van der Waals surface area contributed by atoms with E-state index in [9.17, 15) is 0 Å². The van der Waals surface area contributed by atoms with Gasteiger partial charge < -0.3 is 5.32 Å². The number of hydrogen-bond acceptors (Lipinski definition) is 2. The highest BCUT2D eigenvalue weighted by Crippen LogP contribution is 2.35. The van der Waals surface area contributed by atoms with Gasteiger partial charge >= 0.3 is 0 Å². The number of rotatable bonds is 2. The number of halogens is 2. The van der Waals surface area contributed by atoms with E-state index in [2.05, 4.69) is 37.4 Å². The largest absolute Gasteiger partial charge is 0.370 e. The number of benzene rings is 2. The molecule has 2 aromatic carbocycles. The molecule has 0 amide bonds. The highest BCUT2D eigenvalue weighted by molar-refractivity contribution is 6.42. The van der Waals surface area contributed by atoms with Crippen molar-refractivity contribution in [3.63, 3.8) is 0 Å². The summed E-state index contributed by atoms with van der Waals surface area (Å²) < 4.78 is 1.97. The van der Waals surface area contributed by atoms with Crippen LogP contribution in [-0.2, 0) is 6.42 Å². The molecule has 0 unspecified atom stereocenters. The van der Waals surface area contributed by atoms with Crippen LogP contribution in [0.3, 0.4) is 0 Å². The van der Waals surface area contributed by atoms with Gasteiger partial charge in [0, 0.05) is 17.7 Å². The van der Waals surface area contributed by atoms with Crippen molar-refractivity contribution in [3.8, 4) is 16.9 Å². The Morgan fingerprint density at radius 2 is 1.73 bits per heavy atom. The highest BCUT2D eigenvalue weighted by Gasteiger charge is 2.22. The van der Waals surface area contributed by atoms with Gasteiger partial charge in [-0.05, 0) is 63.4 Å². The molecule has 0 atom stereocenters. The smallest absolute Gasteiger partial charge is 0.133 e. The van der Waals surface area contributed by atoms with Crippen molar-refractivity contribution in [1.82, 2.24) is 9.78 Å². The van der Waals surface area contributed by atoms with Crippen LogP contribution in [0, 0.1) is 13.8 Å². The Labute approximate surface area is 163 Å². The lowest BCUT2D eigenvalue weighted by Crippen LogP contribution is -2.07. The molecule has 0 spiro atoms. The van der Waals surface area contributed by atoms with Gasteiger partial charge in [-0.1, -0.05) is 40.4 Å². The van der Waals surface area contributed by atoms with Gasteiger partial charge in [0.25, 0.3) is 0 Å². The van der Waals surface area contributed by atoms with Gasteiger partial charge in [0.05, 0.1) is 21.4 Å². The monoisotopic (exact) mass is 385 g/mol. The first-order valence-corrected chi connectivity index (χ1v) is 9.68. The molecule has 0 fully saturated rings. The minimum absolute atomic E-state index is 0.537. The molecule has 1 aromatic heterocycles. The van der Waals surface area contributed by atoms with Crippen molar-refractivity contribution in [3.05, 3.63) is 63.1 Å². The summed E-state index contributed by atoms with van der Waals surface area (Å²) in [7, 11) is 0. The Morgan fingerprint density at radius 3 is 2.46 bits per heavy atom. The van der Waals surface area contributed by atoms with Gasteiger partial charge in [-0.2, -0.15) is 5.10 Å². The van der Waals surface area contributed by atoms with Crippen molar-refractivity contribution in [2.45, 2.75) is 33.1 Å². The second kappa shape index (κ2) is 6.98. The van der Waals surface area contributed by atoms with E-state index >= 15 is 0 Å². The van der Waals surface area contributed by atoms with Crippen molar-refractivity contribution >= 4 is 29.0 Å². The van der Waals surface area contributed by atoms with Crippen molar-refractivity contribution in [2.75, 3.05) is 11.9 Å². The summed E-state index contributed by atoms with van der Waals surface area (Å²) in [5, 5.41) is 9.64.